The molecule has 0 amide bonds. The summed E-state index contributed by atoms with van der Waals surface area (Å²) in [6.07, 6.45) is 0. The van der Waals surface area contributed by atoms with Crippen LogP contribution in [0.1, 0.15) is 33.5 Å². The average molecular weight is 281 g/mol. The third-order valence-electron chi connectivity index (χ3n) is 2.87. The molecule has 2 rings (SSSR count). The topological polar surface area (TPSA) is 27.1 Å². The van der Waals surface area contributed by atoms with E-state index in [4.69, 9.17) is 16.3 Å². The minimum atomic E-state index is 0.177. The lowest BCUT2D eigenvalue weighted by atomic mass is 9.97. The predicted molar refractivity (Wildman–Crippen MR) is 79.9 cm³/mol. The van der Waals surface area contributed by atoms with Crippen LogP contribution in [0.3, 0.4) is 0 Å². The van der Waals surface area contributed by atoms with Crippen molar-refractivity contribution < 1.29 is 4.74 Å². The van der Waals surface area contributed by atoms with Crippen molar-refractivity contribution in [3.63, 3.8) is 0 Å². The van der Waals surface area contributed by atoms with E-state index >= 15 is 0 Å². The third-order valence-corrected chi connectivity index (χ3v) is 3.11. The van der Waals surface area contributed by atoms with Gasteiger partial charge in [-0.05, 0) is 24.5 Å². The predicted octanol–water partition coefficient (Wildman–Crippen LogP) is 4.22. The van der Waals surface area contributed by atoms with Crippen molar-refractivity contribution in [3.05, 3.63) is 24.0 Å². The van der Waals surface area contributed by atoms with Crippen molar-refractivity contribution in [2.45, 2.75) is 40.1 Å². The number of ether oxygens (including phenoxy) is 1. The highest BCUT2D eigenvalue weighted by atomic mass is 35.5. The molecule has 0 saturated heterocycles. The first-order valence-electron chi connectivity index (χ1n) is 6.63. The smallest absolute Gasteiger partial charge is 0.147 e. The van der Waals surface area contributed by atoms with Crippen molar-refractivity contribution >= 4 is 22.6 Å². The van der Waals surface area contributed by atoms with Crippen molar-refractivity contribution in [3.8, 4) is 5.75 Å². The van der Waals surface area contributed by atoms with E-state index < -0.39 is 0 Å². The monoisotopic (exact) mass is 280 g/mol. The SMILES string of the molecule is CCOc1cccc2c1nc(CCl)n2CC(C)(C)C. The number of benzene rings is 1. The van der Waals surface area contributed by atoms with Crippen molar-refractivity contribution in [1.82, 2.24) is 9.55 Å². The molecule has 0 spiro atoms. The number of para-hydroxylation sites is 1. The van der Waals surface area contributed by atoms with Crippen LogP contribution in [0.5, 0.6) is 5.75 Å². The van der Waals surface area contributed by atoms with Crippen LogP contribution in [0.4, 0.5) is 0 Å². The van der Waals surface area contributed by atoms with E-state index in [2.05, 4.69) is 36.4 Å². The first-order valence-corrected chi connectivity index (χ1v) is 7.16. The number of imidazole rings is 1. The Balaban J connectivity index is 2.58. The van der Waals surface area contributed by atoms with Crippen molar-refractivity contribution in [2.75, 3.05) is 6.61 Å². The zero-order valence-corrected chi connectivity index (χ0v) is 12.8. The summed E-state index contributed by atoms with van der Waals surface area (Å²) in [5, 5.41) is 0. The number of fused-ring (bicyclic) bond motifs is 1. The number of hydrogen-bond acceptors (Lipinski definition) is 2. The molecule has 0 radical (unpaired) electrons. The highest BCUT2D eigenvalue weighted by Gasteiger charge is 2.18. The van der Waals surface area contributed by atoms with Crippen LogP contribution in [0, 0.1) is 5.41 Å². The number of alkyl halides is 1. The van der Waals surface area contributed by atoms with Crippen LogP contribution in [0.2, 0.25) is 0 Å². The Morgan fingerprint density at radius 3 is 2.63 bits per heavy atom. The Hall–Kier alpha value is -1.22. The van der Waals surface area contributed by atoms with E-state index in [0.29, 0.717) is 12.5 Å². The average Bonchev–Trinajstić information content (AvgIpc) is 2.67. The number of aromatic nitrogens is 2. The van der Waals surface area contributed by atoms with Crippen LogP contribution in [0.25, 0.3) is 11.0 Å². The van der Waals surface area contributed by atoms with Gasteiger partial charge >= 0.3 is 0 Å². The quantitative estimate of drug-likeness (QED) is 0.784. The molecule has 2 aromatic rings. The Kier molecular flexibility index (Phi) is 4.04. The van der Waals surface area contributed by atoms with E-state index in [9.17, 15) is 0 Å². The normalized spacial score (nSPS) is 12.1. The standard InChI is InChI=1S/C15H21ClN2O/c1-5-19-12-8-6-7-11-14(12)17-13(9-16)18(11)10-15(2,3)4/h6-8H,5,9-10H2,1-4H3. The molecule has 3 nitrogen and oxygen atoms in total. The highest BCUT2D eigenvalue weighted by molar-refractivity contribution is 6.16. The molecule has 0 aliphatic heterocycles. The van der Waals surface area contributed by atoms with Gasteiger partial charge in [0, 0.05) is 6.54 Å². The summed E-state index contributed by atoms with van der Waals surface area (Å²) < 4.78 is 7.84. The van der Waals surface area contributed by atoms with Gasteiger partial charge in [0.25, 0.3) is 0 Å². The number of hydrogen-bond donors (Lipinski definition) is 0. The summed E-state index contributed by atoms with van der Waals surface area (Å²) in [5.74, 6) is 2.15. The van der Waals surface area contributed by atoms with Gasteiger partial charge in [0.05, 0.1) is 18.0 Å². The molecule has 19 heavy (non-hydrogen) atoms. The van der Waals surface area contributed by atoms with E-state index in [1.807, 2.05) is 19.1 Å². The Bertz CT molecular complexity index is 569. The largest absolute Gasteiger partial charge is 0.492 e. The maximum atomic E-state index is 6.04. The molecule has 0 aliphatic rings. The van der Waals surface area contributed by atoms with Gasteiger partial charge in [0.1, 0.15) is 17.1 Å². The molecule has 0 aliphatic carbocycles. The highest BCUT2D eigenvalue weighted by Crippen LogP contribution is 2.29. The second-order valence-electron chi connectivity index (χ2n) is 5.87. The van der Waals surface area contributed by atoms with Gasteiger partial charge < -0.3 is 9.30 Å². The molecule has 104 valence electrons. The van der Waals surface area contributed by atoms with Crippen molar-refractivity contribution in [2.24, 2.45) is 5.41 Å². The van der Waals surface area contributed by atoms with Crippen LogP contribution >= 0.6 is 11.6 Å². The lowest BCUT2D eigenvalue weighted by Gasteiger charge is -2.20. The molecule has 1 heterocycles. The fourth-order valence-corrected chi connectivity index (χ4v) is 2.40. The van der Waals surface area contributed by atoms with Gasteiger partial charge in [-0.1, -0.05) is 26.8 Å². The summed E-state index contributed by atoms with van der Waals surface area (Å²) in [6.45, 7) is 10.1. The maximum absolute atomic E-state index is 6.04. The van der Waals surface area contributed by atoms with Crippen LogP contribution in [-0.2, 0) is 12.4 Å². The van der Waals surface area contributed by atoms with Gasteiger partial charge in [-0.2, -0.15) is 0 Å². The number of nitrogens with zero attached hydrogens (tertiary/aromatic N) is 2. The maximum Gasteiger partial charge on any atom is 0.147 e. The fraction of sp³-hybridized carbons (Fsp3) is 0.533. The van der Waals surface area contributed by atoms with Gasteiger partial charge in [-0.15, -0.1) is 11.6 Å². The van der Waals surface area contributed by atoms with E-state index in [0.717, 1.165) is 29.2 Å². The van der Waals surface area contributed by atoms with Crippen molar-refractivity contribution in [1.29, 1.82) is 0 Å². The van der Waals surface area contributed by atoms with Crippen LogP contribution < -0.4 is 4.74 Å². The lowest BCUT2D eigenvalue weighted by molar-refractivity contribution is 0.342. The van der Waals surface area contributed by atoms with E-state index in [1.54, 1.807) is 0 Å². The minimum Gasteiger partial charge on any atom is -0.492 e. The van der Waals surface area contributed by atoms with Gasteiger partial charge in [-0.25, -0.2) is 4.98 Å². The number of halogens is 1. The molecule has 1 aromatic carbocycles. The summed E-state index contributed by atoms with van der Waals surface area (Å²) >= 11 is 6.04. The van der Waals surface area contributed by atoms with E-state index in [-0.39, 0.29) is 5.41 Å². The van der Waals surface area contributed by atoms with Gasteiger partial charge in [0.15, 0.2) is 0 Å². The fourth-order valence-electron chi connectivity index (χ4n) is 2.19. The molecule has 0 unspecified atom stereocenters. The third kappa shape index (κ3) is 3.03. The minimum absolute atomic E-state index is 0.177. The molecule has 0 atom stereocenters. The van der Waals surface area contributed by atoms with Gasteiger partial charge in [-0.3, -0.25) is 0 Å². The molecule has 0 saturated carbocycles. The molecule has 0 fully saturated rings. The van der Waals surface area contributed by atoms with Crippen LogP contribution in [0.15, 0.2) is 18.2 Å². The zero-order valence-electron chi connectivity index (χ0n) is 12.0. The number of rotatable bonds is 4. The molecule has 0 bridgehead atoms. The summed E-state index contributed by atoms with van der Waals surface area (Å²) in [5.41, 5.74) is 2.18. The molecule has 4 heteroatoms. The second-order valence-corrected chi connectivity index (χ2v) is 6.13. The summed E-state index contributed by atoms with van der Waals surface area (Å²) in [4.78, 5) is 4.64. The Morgan fingerprint density at radius 2 is 2.05 bits per heavy atom. The molecule has 1 aromatic heterocycles. The Morgan fingerprint density at radius 1 is 1.32 bits per heavy atom. The first kappa shape index (κ1) is 14.2. The Labute approximate surface area is 119 Å². The summed E-state index contributed by atoms with van der Waals surface area (Å²) in [6, 6.07) is 6.04. The van der Waals surface area contributed by atoms with Gasteiger partial charge in [0.2, 0.25) is 0 Å². The molecular formula is C15H21ClN2O. The van der Waals surface area contributed by atoms with Crippen LogP contribution in [-0.4, -0.2) is 16.2 Å². The second kappa shape index (κ2) is 5.41. The zero-order chi connectivity index (χ0) is 14.0. The lowest BCUT2D eigenvalue weighted by Crippen LogP contribution is -2.17. The molecule has 0 N–H and O–H groups in total. The first-order chi connectivity index (χ1) is 8.96. The summed E-state index contributed by atoms with van der Waals surface area (Å²) in [7, 11) is 0. The molecular weight excluding hydrogens is 260 g/mol. The van der Waals surface area contributed by atoms with E-state index in [1.165, 1.54) is 0 Å².